The van der Waals surface area contributed by atoms with Crippen LogP contribution in [-0.4, -0.2) is 19.8 Å². The number of ether oxygens (including phenoxy) is 1. The summed E-state index contributed by atoms with van der Waals surface area (Å²) < 4.78 is 16.5. The second-order valence-electron chi connectivity index (χ2n) is 3.76. The zero-order chi connectivity index (χ0) is 13.0. The van der Waals surface area contributed by atoms with Gasteiger partial charge in [0.25, 0.3) is 0 Å². The molecule has 0 spiro atoms. The van der Waals surface area contributed by atoms with Crippen molar-refractivity contribution in [3.05, 3.63) is 27.0 Å². The highest BCUT2D eigenvalue weighted by Gasteiger charge is 2.11. The van der Waals surface area contributed by atoms with Crippen LogP contribution < -0.4 is 10.7 Å². The van der Waals surface area contributed by atoms with E-state index in [0.717, 1.165) is 13.0 Å². The van der Waals surface area contributed by atoms with Crippen molar-refractivity contribution < 1.29 is 13.6 Å². The van der Waals surface area contributed by atoms with Gasteiger partial charge in [-0.15, -0.1) is 0 Å². The van der Waals surface area contributed by atoms with E-state index in [-0.39, 0.29) is 11.0 Å². The van der Waals surface area contributed by atoms with Crippen molar-refractivity contribution in [3.8, 4) is 0 Å². The van der Waals surface area contributed by atoms with Crippen LogP contribution in [0.5, 0.6) is 0 Å². The van der Waals surface area contributed by atoms with Crippen molar-refractivity contribution in [1.82, 2.24) is 0 Å². The summed E-state index contributed by atoms with van der Waals surface area (Å²) in [6.45, 7) is 3.95. The van der Waals surface area contributed by atoms with Crippen LogP contribution in [0.15, 0.2) is 30.4 Å². The van der Waals surface area contributed by atoms with Crippen LogP contribution in [0, 0.1) is 0 Å². The van der Waals surface area contributed by atoms with E-state index < -0.39 is 0 Å². The summed E-state index contributed by atoms with van der Waals surface area (Å²) in [4.78, 5) is 11.7. The molecule has 2 rings (SSSR count). The molecular formula is C12H14BrNO4. The third-order valence-electron chi connectivity index (χ3n) is 2.30. The lowest BCUT2D eigenvalue weighted by atomic mass is 10.4. The largest absolute Gasteiger partial charge is 0.456 e. The molecule has 18 heavy (non-hydrogen) atoms. The van der Waals surface area contributed by atoms with Gasteiger partial charge in [-0.25, -0.2) is 0 Å². The van der Waals surface area contributed by atoms with Gasteiger partial charge in [0.05, 0.1) is 11.1 Å². The Morgan fingerprint density at radius 1 is 1.39 bits per heavy atom. The smallest absolute Gasteiger partial charge is 0.230 e. The standard InChI is InChI=1S/C12H14BrNO4/c1-2-4-16-5-3-14-10-6-9(15)12-11(18-10)8(13)7-17-12/h6-7,14H,2-5H2,1H3. The number of hydrogen-bond donors (Lipinski definition) is 1. The van der Waals surface area contributed by atoms with E-state index in [2.05, 4.69) is 28.2 Å². The van der Waals surface area contributed by atoms with Gasteiger partial charge in [0, 0.05) is 19.2 Å². The van der Waals surface area contributed by atoms with Crippen LogP contribution in [0.3, 0.4) is 0 Å². The minimum Gasteiger partial charge on any atom is -0.456 e. The molecule has 98 valence electrons. The SMILES string of the molecule is CCCOCCNc1cc(=O)c2occ(Br)c2o1. The first-order chi connectivity index (χ1) is 8.72. The maximum Gasteiger partial charge on any atom is 0.230 e. The van der Waals surface area contributed by atoms with Crippen LogP contribution in [0.2, 0.25) is 0 Å². The molecule has 2 heterocycles. The molecule has 0 atom stereocenters. The number of nitrogens with one attached hydrogen (secondary N) is 1. The average Bonchev–Trinajstić information content (AvgIpc) is 2.72. The Morgan fingerprint density at radius 3 is 3.00 bits per heavy atom. The van der Waals surface area contributed by atoms with Crippen molar-refractivity contribution in [2.45, 2.75) is 13.3 Å². The summed E-state index contributed by atoms with van der Waals surface area (Å²) in [7, 11) is 0. The van der Waals surface area contributed by atoms with E-state index in [4.69, 9.17) is 13.6 Å². The topological polar surface area (TPSA) is 64.6 Å². The van der Waals surface area contributed by atoms with Gasteiger partial charge < -0.3 is 18.9 Å². The van der Waals surface area contributed by atoms with E-state index in [0.29, 0.717) is 29.1 Å². The van der Waals surface area contributed by atoms with E-state index >= 15 is 0 Å². The number of furan rings is 1. The number of halogens is 1. The molecule has 0 bridgehead atoms. The van der Waals surface area contributed by atoms with Crippen LogP contribution in [0.25, 0.3) is 11.2 Å². The molecule has 0 saturated carbocycles. The zero-order valence-corrected chi connectivity index (χ0v) is 11.6. The molecule has 0 radical (unpaired) electrons. The summed E-state index contributed by atoms with van der Waals surface area (Å²) in [5.74, 6) is 0.412. The molecule has 0 aliphatic carbocycles. The molecule has 0 aliphatic heterocycles. The normalized spacial score (nSPS) is 11.0. The van der Waals surface area contributed by atoms with Crippen molar-refractivity contribution in [1.29, 1.82) is 0 Å². The first-order valence-corrected chi connectivity index (χ1v) is 6.54. The Kier molecular flexibility index (Phi) is 4.43. The second-order valence-corrected chi connectivity index (χ2v) is 4.61. The summed E-state index contributed by atoms with van der Waals surface area (Å²) in [6, 6.07) is 1.37. The summed E-state index contributed by atoms with van der Waals surface area (Å²) in [5.41, 5.74) is 0.424. The lowest BCUT2D eigenvalue weighted by Crippen LogP contribution is -2.11. The Morgan fingerprint density at radius 2 is 2.22 bits per heavy atom. The first-order valence-electron chi connectivity index (χ1n) is 5.75. The van der Waals surface area contributed by atoms with Crippen molar-refractivity contribution in [2.24, 2.45) is 0 Å². The van der Waals surface area contributed by atoms with Crippen LogP contribution >= 0.6 is 15.9 Å². The first kappa shape index (κ1) is 13.2. The van der Waals surface area contributed by atoms with Crippen molar-refractivity contribution in [3.63, 3.8) is 0 Å². The fraction of sp³-hybridized carbons (Fsp3) is 0.417. The molecular weight excluding hydrogens is 302 g/mol. The maximum atomic E-state index is 11.7. The van der Waals surface area contributed by atoms with Crippen molar-refractivity contribution >= 4 is 33.0 Å². The lowest BCUT2D eigenvalue weighted by Gasteiger charge is -2.05. The van der Waals surface area contributed by atoms with Gasteiger partial charge in [-0.2, -0.15) is 0 Å². The van der Waals surface area contributed by atoms with Gasteiger partial charge in [-0.1, -0.05) is 6.92 Å². The van der Waals surface area contributed by atoms with E-state index in [1.807, 2.05) is 0 Å². The fourth-order valence-electron chi connectivity index (χ4n) is 1.50. The quantitative estimate of drug-likeness (QED) is 0.830. The lowest BCUT2D eigenvalue weighted by molar-refractivity contribution is 0.144. The summed E-state index contributed by atoms with van der Waals surface area (Å²) in [5, 5.41) is 3.00. The molecule has 0 saturated heterocycles. The minimum atomic E-state index is -0.209. The van der Waals surface area contributed by atoms with Gasteiger partial charge in [0.15, 0.2) is 11.5 Å². The summed E-state index contributed by atoms with van der Waals surface area (Å²) in [6.07, 6.45) is 2.42. The average molecular weight is 316 g/mol. The number of hydrogen-bond acceptors (Lipinski definition) is 5. The van der Waals surface area contributed by atoms with Gasteiger partial charge in [0.2, 0.25) is 11.0 Å². The van der Waals surface area contributed by atoms with Crippen molar-refractivity contribution in [2.75, 3.05) is 25.1 Å². The zero-order valence-electron chi connectivity index (χ0n) is 9.99. The predicted octanol–water partition coefficient (Wildman–Crippen LogP) is 2.99. The van der Waals surface area contributed by atoms with E-state index in [1.165, 1.54) is 12.3 Å². The monoisotopic (exact) mass is 315 g/mol. The maximum absolute atomic E-state index is 11.7. The predicted molar refractivity (Wildman–Crippen MR) is 72.0 cm³/mol. The Hall–Kier alpha value is -1.27. The van der Waals surface area contributed by atoms with Crippen LogP contribution in [0.1, 0.15) is 13.3 Å². The molecule has 0 aliphatic rings. The van der Waals surface area contributed by atoms with Gasteiger partial charge in [-0.3, -0.25) is 4.79 Å². The Labute approximate surface area is 112 Å². The highest BCUT2D eigenvalue weighted by atomic mass is 79.9. The Bertz CT molecular complexity index is 575. The van der Waals surface area contributed by atoms with Gasteiger partial charge >= 0.3 is 0 Å². The van der Waals surface area contributed by atoms with E-state index in [9.17, 15) is 4.79 Å². The molecule has 5 nitrogen and oxygen atoms in total. The van der Waals surface area contributed by atoms with Crippen LogP contribution in [-0.2, 0) is 4.74 Å². The highest BCUT2D eigenvalue weighted by molar-refractivity contribution is 9.10. The van der Waals surface area contributed by atoms with Gasteiger partial charge in [0.1, 0.15) is 6.26 Å². The number of fused-ring (bicyclic) bond motifs is 1. The second kappa shape index (κ2) is 6.06. The molecule has 1 N–H and O–H groups in total. The molecule has 0 unspecified atom stereocenters. The summed E-state index contributed by atoms with van der Waals surface area (Å²) >= 11 is 3.26. The molecule has 0 aromatic carbocycles. The number of rotatable bonds is 6. The molecule has 0 fully saturated rings. The molecule has 0 amide bonds. The highest BCUT2D eigenvalue weighted by Crippen LogP contribution is 2.25. The molecule has 2 aromatic heterocycles. The minimum absolute atomic E-state index is 0.209. The Balaban J connectivity index is 2.05. The third-order valence-corrected chi connectivity index (χ3v) is 2.84. The third kappa shape index (κ3) is 2.94. The number of anilines is 1. The fourth-order valence-corrected chi connectivity index (χ4v) is 1.85. The van der Waals surface area contributed by atoms with E-state index in [1.54, 1.807) is 0 Å². The molecule has 2 aromatic rings. The van der Waals surface area contributed by atoms with Gasteiger partial charge in [-0.05, 0) is 22.4 Å². The molecule has 6 heteroatoms. The van der Waals surface area contributed by atoms with Crippen LogP contribution in [0.4, 0.5) is 5.88 Å².